The highest BCUT2D eigenvalue weighted by molar-refractivity contribution is 5.90. The second kappa shape index (κ2) is 8.15. The van der Waals surface area contributed by atoms with Crippen molar-refractivity contribution in [2.24, 2.45) is 0 Å². The van der Waals surface area contributed by atoms with Crippen LogP contribution in [0.2, 0.25) is 0 Å². The summed E-state index contributed by atoms with van der Waals surface area (Å²) in [6, 6.07) is 12.9. The lowest BCUT2D eigenvalue weighted by molar-refractivity contribution is 0.233. The Morgan fingerprint density at radius 1 is 1.19 bits per heavy atom. The highest BCUT2D eigenvalue weighted by Crippen LogP contribution is 2.21. The Bertz CT molecular complexity index is 861. The first kappa shape index (κ1) is 17.5. The second-order valence-electron chi connectivity index (χ2n) is 5.96. The van der Waals surface area contributed by atoms with Gasteiger partial charge in [0.15, 0.2) is 0 Å². The van der Waals surface area contributed by atoms with Crippen molar-refractivity contribution in [3.05, 3.63) is 66.6 Å². The van der Waals surface area contributed by atoms with E-state index in [0.717, 1.165) is 11.3 Å². The Morgan fingerprint density at radius 3 is 2.77 bits per heavy atom. The molecule has 2 aromatic heterocycles. The standard InChI is InChI=1S/C19H21N5O2/c1-14(2)26-18-17(9-6-10-20-18)23-19(25)21-11-15-12-22-24(13-15)16-7-4-3-5-8-16/h3-10,12-14H,11H2,1-2H3,(H2,21,23,25). The van der Waals surface area contributed by atoms with Gasteiger partial charge in [-0.25, -0.2) is 14.5 Å². The summed E-state index contributed by atoms with van der Waals surface area (Å²) in [5, 5.41) is 9.88. The van der Waals surface area contributed by atoms with Crippen molar-refractivity contribution in [3.8, 4) is 11.6 Å². The number of urea groups is 1. The molecule has 0 aliphatic rings. The van der Waals surface area contributed by atoms with E-state index in [1.54, 1.807) is 29.2 Å². The van der Waals surface area contributed by atoms with Gasteiger partial charge in [-0.15, -0.1) is 0 Å². The van der Waals surface area contributed by atoms with Gasteiger partial charge >= 0.3 is 6.03 Å². The lowest BCUT2D eigenvalue weighted by Gasteiger charge is -2.13. The van der Waals surface area contributed by atoms with Gasteiger partial charge in [-0.2, -0.15) is 5.10 Å². The molecule has 2 amide bonds. The van der Waals surface area contributed by atoms with Gasteiger partial charge in [-0.05, 0) is 38.1 Å². The highest BCUT2D eigenvalue weighted by atomic mass is 16.5. The molecule has 0 aliphatic carbocycles. The van der Waals surface area contributed by atoms with Crippen LogP contribution >= 0.6 is 0 Å². The number of rotatable bonds is 6. The molecule has 3 aromatic rings. The molecule has 0 bridgehead atoms. The Labute approximate surface area is 152 Å². The van der Waals surface area contributed by atoms with Crippen molar-refractivity contribution in [2.75, 3.05) is 5.32 Å². The quantitative estimate of drug-likeness (QED) is 0.713. The van der Waals surface area contributed by atoms with Crippen LogP contribution in [-0.2, 0) is 6.54 Å². The molecule has 2 N–H and O–H groups in total. The van der Waals surface area contributed by atoms with E-state index in [9.17, 15) is 4.79 Å². The molecular weight excluding hydrogens is 330 g/mol. The molecule has 0 atom stereocenters. The maximum atomic E-state index is 12.2. The summed E-state index contributed by atoms with van der Waals surface area (Å²) in [6.07, 6.45) is 5.20. The molecule has 0 spiro atoms. The Balaban J connectivity index is 1.58. The van der Waals surface area contributed by atoms with Crippen LogP contribution in [0.25, 0.3) is 5.69 Å². The molecule has 0 aliphatic heterocycles. The fourth-order valence-electron chi connectivity index (χ4n) is 2.33. The van der Waals surface area contributed by atoms with Crippen molar-refractivity contribution in [1.29, 1.82) is 0 Å². The zero-order chi connectivity index (χ0) is 18.4. The van der Waals surface area contributed by atoms with Gasteiger partial charge in [0.05, 0.1) is 18.0 Å². The molecule has 0 saturated carbocycles. The molecule has 1 aromatic carbocycles. The van der Waals surface area contributed by atoms with E-state index in [-0.39, 0.29) is 12.1 Å². The number of nitrogens with zero attached hydrogens (tertiary/aromatic N) is 3. The number of hydrogen-bond acceptors (Lipinski definition) is 4. The third-order valence-corrected chi connectivity index (χ3v) is 3.48. The van der Waals surface area contributed by atoms with Crippen molar-refractivity contribution in [1.82, 2.24) is 20.1 Å². The van der Waals surface area contributed by atoms with Crippen molar-refractivity contribution < 1.29 is 9.53 Å². The summed E-state index contributed by atoms with van der Waals surface area (Å²) < 4.78 is 7.36. The zero-order valence-electron chi connectivity index (χ0n) is 14.7. The number of para-hydroxylation sites is 1. The van der Waals surface area contributed by atoms with E-state index in [4.69, 9.17) is 4.74 Å². The third-order valence-electron chi connectivity index (χ3n) is 3.48. The van der Waals surface area contributed by atoms with Crippen LogP contribution in [-0.4, -0.2) is 26.9 Å². The number of carbonyl (C=O) groups excluding carboxylic acids is 1. The fourth-order valence-corrected chi connectivity index (χ4v) is 2.33. The monoisotopic (exact) mass is 351 g/mol. The normalized spacial score (nSPS) is 10.6. The van der Waals surface area contributed by atoms with Crippen LogP contribution in [0.1, 0.15) is 19.4 Å². The molecule has 0 fully saturated rings. The second-order valence-corrected chi connectivity index (χ2v) is 5.96. The Morgan fingerprint density at radius 2 is 2.00 bits per heavy atom. The van der Waals surface area contributed by atoms with E-state index >= 15 is 0 Å². The molecule has 0 radical (unpaired) electrons. The van der Waals surface area contributed by atoms with E-state index in [0.29, 0.717) is 18.1 Å². The summed E-state index contributed by atoms with van der Waals surface area (Å²) in [5.74, 6) is 0.398. The van der Waals surface area contributed by atoms with E-state index in [1.807, 2.05) is 50.4 Å². The van der Waals surface area contributed by atoms with E-state index in [1.165, 1.54) is 0 Å². The first-order chi connectivity index (χ1) is 12.6. The molecule has 3 rings (SSSR count). The van der Waals surface area contributed by atoms with Crippen LogP contribution in [0.3, 0.4) is 0 Å². The fraction of sp³-hybridized carbons (Fsp3) is 0.211. The summed E-state index contributed by atoms with van der Waals surface area (Å²) in [6.45, 7) is 4.17. The molecule has 26 heavy (non-hydrogen) atoms. The van der Waals surface area contributed by atoms with E-state index in [2.05, 4.69) is 20.7 Å². The molecule has 0 saturated heterocycles. The highest BCUT2D eigenvalue weighted by Gasteiger charge is 2.10. The summed E-state index contributed by atoms with van der Waals surface area (Å²) in [5.41, 5.74) is 2.39. The minimum Gasteiger partial charge on any atom is -0.473 e. The topological polar surface area (TPSA) is 81.1 Å². The van der Waals surface area contributed by atoms with Crippen molar-refractivity contribution >= 4 is 11.7 Å². The maximum absolute atomic E-state index is 12.2. The van der Waals surface area contributed by atoms with Gasteiger partial charge in [0.2, 0.25) is 5.88 Å². The van der Waals surface area contributed by atoms with Crippen molar-refractivity contribution in [2.45, 2.75) is 26.5 Å². The molecule has 2 heterocycles. The largest absolute Gasteiger partial charge is 0.473 e. The average Bonchev–Trinajstić information content (AvgIpc) is 3.11. The van der Waals surface area contributed by atoms with Gasteiger partial charge < -0.3 is 15.4 Å². The van der Waals surface area contributed by atoms with E-state index < -0.39 is 0 Å². The van der Waals surface area contributed by atoms with Crippen molar-refractivity contribution in [3.63, 3.8) is 0 Å². The minimum absolute atomic E-state index is 0.0302. The van der Waals surface area contributed by atoms with Gasteiger partial charge in [0.1, 0.15) is 5.69 Å². The number of carbonyl (C=O) groups is 1. The summed E-state index contributed by atoms with van der Waals surface area (Å²) >= 11 is 0. The number of nitrogens with one attached hydrogen (secondary N) is 2. The van der Waals surface area contributed by atoms with Gasteiger partial charge in [0.25, 0.3) is 0 Å². The first-order valence-corrected chi connectivity index (χ1v) is 8.37. The molecule has 7 nitrogen and oxygen atoms in total. The first-order valence-electron chi connectivity index (χ1n) is 8.37. The predicted molar refractivity (Wildman–Crippen MR) is 99.4 cm³/mol. The number of anilines is 1. The maximum Gasteiger partial charge on any atom is 0.319 e. The molecular formula is C19H21N5O2. The van der Waals surface area contributed by atoms with Crippen LogP contribution in [0.5, 0.6) is 5.88 Å². The Kier molecular flexibility index (Phi) is 5.48. The van der Waals surface area contributed by atoms with Crippen LogP contribution in [0, 0.1) is 0 Å². The number of benzene rings is 1. The lowest BCUT2D eigenvalue weighted by Crippen LogP contribution is -2.28. The number of aromatic nitrogens is 3. The summed E-state index contributed by atoms with van der Waals surface area (Å²) in [4.78, 5) is 16.3. The lowest BCUT2D eigenvalue weighted by atomic mass is 10.3. The smallest absolute Gasteiger partial charge is 0.319 e. The number of ether oxygens (including phenoxy) is 1. The molecule has 0 unspecified atom stereocenters. The third kappa shape index (κ3) is 4.60. The van der Waals surface area contributed by atoms with Crippen LogP contribution < -0.4 is 15.4 Å². The van der Waals surface area contributed by atoms with Crippen LogP contribution in [0.15, 0.2) is 61.1 Å². The SMILES string of the molecule is CC(C)Oc1ncccc1NC(=O)NCc1cnn(-c2ccccc2)c1. The number of hydrogen-bond donors (Lipinski definition) is 2. The Hall–Kier alpha value is -3.35. The number of amides is 2. The molecule has 134 valence electrons. The average molecular weight is 351 g/mol. The number of pyridine rings is 1. The zero-order valence-corrected chi connectivity index (χ0v) is 14.7. The van der Waals surface area contributed by atoms with Crippen LogP contribution in [0.4, 0.5) is 10.5 Å². The van der Waals surface area contributed by atoms with Gasteiger partial charge in [-0.3, -0.25) is 0 Å². The summed E-state index contributed by atoms with van der Waals surface area (Å²) in [7, 11) is 0. The van der Waals surface area contributed by atoms with Gasteiger partial charge in [0, 0.05) is 24.5 Å². The van der Waals surface area contributed by atoms with Gasteiger partial charge in [-0.1, -0.05) is 18.2 Å². The minimum atomic E-state index is -0.334. The predicted octanol–water partition coefficient (Wildman–Crippen LogP) is 3.38. The molecule has 7 heteroatoms.